The second-order valence-electron chi connectivity index (χ2n) is 5.12. The zero-order valence-corrected chi connectivity index (χ0v) is 9.94. The fourth-order valence-corrected chi connectivity index (χ4v) is 3.25. The lowest BCUT2D eigenvalue weighted by Crippen LogP contribution is -2.29. The summed E-state index contributed by atoms with van der Waals surface area (Å²) in [7, 11) is 0. The van der Waals surface area contributed by atoms with Gasteiger partial charge in [-0.05, 0) is 31.4 Å². The van der Waals surface area contributed by atoms with Crippen molar-refractivity contribution in [3.8, 4) is 0 Å². The van der Waals surface area contributed by atoms with Gasteiger partial charge < -0.3 is 4.98 Å². The lowest BCUT2D eigenvalue weighted by atomic mass is 9.97. The van der Waals surface area contributed by atoms with Crippen LogP contribution in [0.5, 0.6) is 0 Å². The third-order valence-electron chi connectivity index (χ3n) is 3.98. The molecule has 0 bridgehead atoms. The Bertz CT molecular complexity index is 575. The summed E-state index contributed by atoms with van der Waals surface area (Å²) in [6.07, 6.45) is 2.53. The molecule has 2 atom stereocenters. The molecule has 0 saturated carbocycles. The molecule has 4 rings (SSSR count). The monoisotopic (exact) mass is 228 g/mol. The van der Waals surface area contributed by atoms with Gasteiger partial charge >= 0.3 is 0 Å². The van der Waals surface area contributed by atoms with Gasteiger partial charge in [-0.2, -0.15) is 5.06 Å². The molecular formula is C14H16N2O. The number of hydrogen-bond donors (Lipinski definition) is 1. The Hall–Kier alpha value is -1.32. The van der Waals surface area contributed by atoms with Crippen molar-refractivity contribution in [3.05, 3.63) is 35.5 Å². The van der Waals surface area contributed by atoms with E-state index in [0.29, 0.717) is 12.1 Å². The lowest BCUT2D eigenvalue weighted by Gasteiger charge is -2.27. The van der Waals surface area contributed by atoms with Gasteiger partial charge in [0.15, 0.2) is 0 Å². The third kappa shape index (κ3) is 1.30. The second kappa shape index (κ2) is 3.34. The molecule has 1 aromatic heterocycles. The molecule has 0 radical (unpaired) electrons. The number of H-pyrrole nitrogens is 1. The van der Waals surface area contributed by atoms with Crippen LogP contribution in [0.15, 0.2) is 24.3 Å². The number of para-hydroxylation sites is 1. The van der Waals surface area contributed by atoms with E-state index >= 15 is 0 Å². The first-order valence-electron chi connectivity index (χ1n) is 6.36. The van der Waals surface area contributed by atoms with Crippen LogP contribution in [0.25, 0.3) is 10.9 Å². The molecule has 3 heteroatoms. The summed E-state index contributed by atoms with van der Waals surface area (Å²) in [5, 5.41) is 3.55. The second-order valence-corrected chi connectivity index (χ2v) is 5.12. The summed E-state index contributed by atoms with van der Waals surface area (Å²) >= 11 is 0. The topological polar surface area (TPSA) is 28.3 Å². The van der Waals surface area contributed by atoms with Gasteiger partial charge in [0.05, 0.1) is 12.1 Å². The summed E-state index contributed by atoms with van der Waals surface area (Å²) in [6.45, 7) is 3.17. The summed E-state index contributed by atoms with van der Waals surface area (Å²) in [5.74, 6) is 0. The zero-order valence-electron chi connectivity index (χ0n) is 9.94. The number of rotatable bonds is 0. The fourth-order valence-electron chi connectivity index (χ4n) is 3.25. The minimum absolute atomic E-state index is 0.345. The minimum atomic E-state index is 0.345. The van der Waals surface area contributed by atoms with E-state index in [0.717, 1.165) is 19.4 Å². The smallest absolute Gasteiger partial charge is 0.0785 e. The van der Waals surface area contributed by atoms with Crippen molar-refractivity contribution < 1.29 is 4.84 Å². The first-order valence-corrected chi connectivity index (χ1v) is 6.36. The van der Waals surface area contributed by atoms with E-state index in [2.05, 4.69) is 41.2 Å². The van der Waals surface area contributed by atoms with Gasteiger partial charge in [-0.15, -0.1) is 0 Å². The number of nitrogens with one attached hydrogen (secondary N) is 1. The van der Waals surface area contributed by atoms with Crippen molar-refractivity contribution in [2.24, 2.45) is 0 Å². The van der Waals surface area contributed by atoms with Crippen LogP contribution in [0.2, 0.25) is 0 Å². The number of fused-ring (bicyclic) bond motifs is 5. The first kappa shape index (κ1) is 9.68. The average molecular weight is 228 g/mol. The number of aromatic nitrogens is 1. The van der Waals surface area contributed by atoms with Gasteiger partial charge in [0.2, 0.25) is 0 Å². The quantitative estimate of drug-likeness (QED) is 0.751. The predicted molar refractivity (Wildman–Crippen MR) is 66.6 cm³/mol. The van der Waals surface area contributed by atoms with Crippen LogP contribution >= 0.6 is 0 Å². The Labute approximate surface area is 100 Å². The molecule has 0 spiro atoms. The molecule has 3 nitrogen and oxygen atoms in total. The van der Waals surface area contributed by atoms with Gasteiger partial charge in [-0.3, -0.25) is 4.84 Å². The van der Waals surface area contributed by atoms with Crippen LogP contribution < -0.4 is 0 Å². The Kier molecular flexibility index (Phi) is 1.90. The Morgan fingerprint density at radius 3 is 3.18 bits per heavy atom. The molecule has 2 aromatic rings. The number of aromatic amines is 1. The summed E-state index contributed by atoms with van der Waals surface area (Å²) < 4.78 is 0. The highest BCUT2D eigenvalue weighted by Gasteiger charge is 2.37. The summed E-state index contributed by atoms with van der Waals surface area (Å²) in [4.78, 5) is 9.42. The molecular weight excluding hydrogens is 212 g/mol. The highest BCUT2D eigenvalue weighted by molar-refractivity contribution is 5.85. The van der Waals surface area contributed by atoms with Gasteiger partial charge in [0.25, 0.3) is 0 Å². The maximum Gasteiger partial charge on any atom is 0.0785 e. The van der Waals surface area contributed by atoms with Crippen molar-refractivity contribution in [2.75, 3.05) is 6.54 Å². The standard InChI is InChI=1S/C14H16N2O/c1-9-8-13-14-11(6-7-16(13)17-9)10-4-2-3-5-12(10)15-14/h2-5,9,13,15H,6-8H2,1H3/t9-,13+/m0/s1. The largest absolute Gasteiger partial charge is 0.357 e. The van der Waals surface area contributed by atoms with Gasteiger partial charge in [0.1, 0.15) is 0 Å². The van der Waals surface area contributed by atoms with Gasteiger partial charge in [0, 0.05) is 23.1 Å². The van der Waals surface area contributed by atoms with E-state index in [9.17, 15) is 0 Å². The number of hydrogen-bond acceptors (Lipinski definition) is 2. The fraction of sp³-hybridized carbons (Fsp3) is 0.429. The molecule has 2 aliphatic heterocycles. The molecule has 2 aliphatic rings. The molecule has 3 heterocycles. The van der Waals surface area contributed by atoms with E-state index in [4.69, 9.17) is 4.84 Å². The van der Waals surface area contributed by atoms with Crippen molar-refractivity contribution in [3.63, 3.8) is 0 Å². The third-order valence-corrected chi connectivity index (χ3v) is 3.98. The van der Waals surface area contributed by atoms with Crippen molar-refractivity contribution in [1.82, 2.24) is 10.0 Å². The van der Waals surface area contributed by atoms with Gasteiger partial charge in [-0.1, -0.05) is 18.2 Å². The van der Waals surface area contributed by atoms with E-state index in [-0.39, 0.29) is 0 Å². The van der Waals surface area contributed by atoms with Crippen molar-refractivity contribution >= 4 is 10.9 Å². The molecule has 0 aliphatic carbocycles. The highest BCUT2D eigenvalue weighted by Crippen LogP contribution is 2.41. The first-order chi connectivity index (χ1) is 8.33. The van der Waals surface area contributed by atoms with Crippen LogP contribution in [-0.4, -0.2) is 22.7 Å². The Balaban J connectivity index is 1.91. The molecule has 1 saturated heterocycles. The van der Waals surface area contributed by atoms with E-state index in [1.807, 2.05) is 0 Å². The Morgan fingerprint density at radius 1 is 1.35 bits per heavy atom. The zero-order chi connectivity index (χ0) is 11.4. The summed E-state index contributed by atoms with van der Waals surface area (Å²) in [6, 6.07) is 9.03. The van der Waals surface area contributed by atoms with E-state index in [1.165, 1.54) is 22.2 Å². The number of hydroxylamine groups is 2. The molecule has 88 valence electrons. The molecule has 1 fully saturated rings. The molecule has 17 heavy (non-hydrogen) atoms. The molecule has 1 aromatic carbocycles. The van der Waals surface area contributed by atoms with Crippen LogP contribution in [0.4, 0.5) is 0 Å². The van der Waals surface area contributed by atoms with Crippen molar-refractivity contribution in [1.29, 1.82) is 0 Å². The summed E-state index contributed by atoms with van der Waals surface area (Å²) in [5.41, 5.74) is 4.14. The minimum Gasteiger partial charge on any atom is -0.357 e. The van der Waals surface area contributed by atoms with E-state index < -0.39 is 0 Å². The maximum atomic E-state index is 5.83. The number of nitrogens with zero attached hydrogens (tertiary/aromatic N) is 1. The van der Waals surface area contributed by atoms with Crippen molar-refractivity contribution in [2.45, 2.75) is 31.9 Å². The van der Waals surface area contributed by atoms with Crippen LogP contribution in [0, 0.1) is 0 Å². The normalized spacial score (nSPS) is 28.3. The average Bonchev–Trinajstić information content (AvgIpc) is 2.87. The molecule has 0 unspecified atom stereocenters. The lowest BCUT2D eigenvalue weighted by molar-refractivity contribution is -0.161. The van der Waals surface area contributed by atoms with Crippen LogP contribution in [-0.2, 0) is 11.3 Å². The van der Waals surface area contributed by atoms with E-state index in [1.54, 1.807) is 0 Å². The Morgan fingerprint density at radius 2 is 2.24 bits per heavy atom. The number of benzene rings is 1. The molecule has 0 amide bonds. The van der Waals surface area contributed by atoms with Gasteiger partial charge in [-0.25, -0.2) is 0 Å². The van der Waals surface area contributed by atoms with Crippen LogP contribution in [0.3, 0.4) is 0 Å². The van der Waals surface area contributed by atoms with Crippen LogP contribution in [0.1, 0.15) is 30.6 Å². The predicted octanol–water partition coefficient (Wildman–Crippen LogP) is 2.79. The SMILES string of the molecule is C[C@H]1C[C@@H]2c3[nH]c4ccccc4c3CCN2O1. The maximum absolute atomic E-state index is 5.83. The molecule has 1 N–H and O–H groups in total. The highest BCUT2D eigenvalue weighted by atomic mass is 16.7.